The Hall–Kier alpha value is -2.21. The molecule has 0 aliphatic heterocycles. The molecule has 27 heavy (non-hydrogen) atoms. The van der Waals surface area contributed by atoms with Gasteiger partial charge in [0.05, 0.1) is 13.2 Å². The summed E-state index contributed by atoms with van der Waals surface area (Å²) in [6.07, 6.45) is 2.73. The largest absolute Gasteiger partial charge is 0.504 e. The first-order valence-corrected chi connectivity index (χ1v) is 9.72. The summed E-state index contributed by atoms with van der Waals surface area (Å²) >= 11 is 3.46. The van der Waals surface area contributed by atoms with Gasteiger partial charge in [0.1, 0.15) is 5.75 Å². The third kappa shape index (κ3) is 6.47. The van der Waals surface area contributed by atoms with Crippen LogP contribution < -0.4 is 9.47 Å². The first kappa shape index (κ1) is 21.1. The van der Waals surface area contributed by atoms with Crippen molar-refractivity contribution in [2.45, 2.75) is 39.3 Å². The van der Waals surface area contributed by atoms with Crippen molar-refractivity contribution in [3.05, 3.63) is 52.0 Å². The lowest BCUT2D eigenvalue weighted by molar-refractivity contribution is -0.118. The summed E-state index contributed by atoms with van der Waals surface area (Å²) in [5.74, 6) is 1.32. The number of hydrogen-bond donors (Lipinski definition) is 1. The van der Waals surface area contributed by atoms with Crippen LogP contribution in [0.25, 0.3) is 0 Å². The highest BCUT2D eigenvalue weighted by Gasteiger charge is 2.11. The highest BCUT2D eigenvalue weighted by atomic mass is 79.9. The summed E-state index contributed by atoms with van der Waals surface area (Å²) < 4.78 is 11.5. The number of amides is 1. The third-order valence-corrected chi connectivity index (χ3v) is 4.81. The monoisotopic (exact) mass is 435 g/mol. The van der Waals surface area contributed by atoms with Gasteiger partial charge in [0.15, 0.2) is 11.5 Å². The number of methoxy groups -OCH3 is 1. The minimum Gasteiger partial charge on any atom is -0.504 e. The van der Waals surface area contributed by atoms with E-state index in [2.05, 4.69) is 28.1 Å². The van der Waals surface area contributed by atoms with E-state index in [4.69, 9.17) is 9.47 Å². The first-order chi connectivity index (χ1) is 12.9. The summed E-state index contributed by atoms with van der Waals surface area (Å²) in [7, 11) is 1.50. The number of carbonyl (C=O) groups is 1. The molecule has 0 fully saturated rings. The molecule has 0 spiro atoms. The summed E-state index contributed by atoms with van der Waals surface area (Å²) in [5, 5.41) is 9.94. The van der Waals surface area contributed by atoms with Crippen LogP contribution in [0.15, 0.2) is 40.9 Å². The normalized spacial score (nSPS) is 10.7. The van der Waals surface area contributed by atoms with E-state index in [1.165, 1.54) is 12.7 Å². The molecule has 1 N–H and O–H groups in total. The molecule has 0 heterocycles. The number of hydrogen-bond acceptors (Lipinski definition) is 4. The van der Waals surface area contributed by atoms with Gasteiger partial charge in [0, 0.05) is 17.6 Å². The van der Waals surface area contributed by atoms with Crippen LogP contribution in [-0.2, 0) is 17.8 Å². The van der Waals surface area contributed by atoms with Crippen LogP contribution in [0.4, 0.5) is 0 Å². The first-order valence-electron chi connectivity index (χ1n) is 8.93. The fourth-order valence-corrected chi connectivity index (χ4v) is 3.20. The molecule has 0 radical (unpaired) electrons. The molecule has 1 amide bonds. The second kappa shape index (κ2) is 10.2. The fraction of sp³-hybridized carbons (Fsp3) is 0.381. The number of benzene rings is 2. The number of rotatable bonds is 10. The van der Waals surface area contributed by atoms with E-state index in [1.54, 1.807) is 17.0 Å². The van der Waals surface area contributed by atoms with Crippen molar-refractivity contribution < 1.29 is 19.4 Å². The lowest BCUT2D eigenvalue weighted by Gasteiger charge is -2.19. The summed E-state index contributed by atoms with van der Waals surface area (Å²) in [5.41, 5.74) is 2.04. The van der Waals surface area contributed by atoms with Crippen molar-refractivity contribution in [1.82, 2.24) is 4.90 Å². The highest BCUT2D eigenvalue weighted by Crippen LogP contribution is 2.32. The van der Waals surface area contributed by atoms with Crippen LogP contribution in [0.5, 0.6) is 17.2 Å². The number of phenols is 1. The maximum Gasteiger partial charge on any atom is 0.210 e. The average Bonchev–Trinajstić information content (AvgIpc) is 2.64. The molecule has 2 rings (SSSR count). The van der Waals surface area contributed by atoms with E-state index in [1.807, 2.05) is 26.0 Å². The molecule has 0 atom stereocenters. The molecule has 2 aromatic rings. The molecule has 0 saturated heterocycles. The molecular weight excluding hydrogens is 410 g/mol. The Bertz CT molecular complexity index is 747. The quantitative estimate of drug-likeness (QED) is 0.556. The van der Waals surface area contributed by atoms with Crippen molar-refractivity contribution in [2.75, 3.05) is 13.7 Å². The lowest BCUT2D eigenvalue weighted by atomic mass is 10.1. The van der Waals surface area contributed by atoms with Crippen molar-refractivity contribution in [3.63, 3.8) is 0 Å². The molecule has 0 unspecified atom stereocenters. The Labute approximate surface area is 169 Å². The van der Waals surface area contributed by atoms with E-state index in [-0.39, 0.29) is 11.9 Å². The van der Waals surface area contributed by atoms with Crippen LogP contribution in [0.2, 0.25) is 0 Å². The molecule has 0 aliphatic carbocycles. The fourth-order valence-electron chi connectivity index (χ4n) is 2.75. The van der Waals surface area contributed by atoms with Gasteiger partial charge in [-0.1, -0.05) is 28.1 Å². The average molecular weight is 436 g/mol. The molecule has 6 heteroatoms. The molecule has 146 valence electrons. The molecular formula is C21H26BrNO4. The zero-order valence-electron chi connectivity index (χ0n) is 15.9. The zero-order valence-corrected chi connectivity index (χ0v) is 17.5. The van der Waals surface area contributed by atoms with E-state index >= 15 is 0 Å². The molecule has 0 saturated carbocycles. The number of halogens is 1. The van der Waals surface area contributed by atoms with Gasteiger partial charge in [-0.25, -0.2) is 0 Å². The third-order valence-electron chi connectivity index (χ3n) is 4.08. The van der Waals surface area contributed by atoms with Crippen LogP contribution in [0, 0.1) is 0 Å². The maximum absolute atomic E-state index is 11.4. The summed E-state index contributed by atoms with van der Waals surface area (Å²) in [6.45, 7) is 5.06. The van der Waals surface area contributed by atoms with Crippen molar-refractivity contribution in [2.24, 2.45) is 0 Å². The standard InChI is InChI=1S/C21H26BrNO4/c1-15(2)27-18-8-6-16(7-9-18)5-4-10-23(14-24)13-17-11-20(25)21(26-3)12-19(17)22/h6-9,11-12,14-15,25H,4-5,10,13H2,1-3H3. The molecule has 0 aromatic heterocycles. The van der Waals surface area contributed by atoms with E-state index in [0.29, 0.717) is 18.8 Å². The number of carbonyl (C=O) groups excluding carboxylic acids is 1. The number of phenolic OH excluding ortho intramolecular Hbond substituents is 1. The van der Waals surface area contributed by atoms with Crippen LogP contribution in [-0.4, -0.2) is 36.2 Å². The van der Waals surface area contributed by atoms with E-state index < -0.39 is 0 Å². The number of ether oxygens (including phenoxy) is 2. The number of aromatic hydroxyl groups is 1. The van der Waals surface area contributed by atoms with Crippen molar-refractivity contribution in [1.29, 1.82) is 0 Å². The Morgan fingerprint density at radius 3 is 2.52 bits per heavy atom. The van der Waals surface area contributed by atoms with Crippen LogP contribution in [0.1, 0.15) is 31.4 Å². The topological polar surface area (TPSA) is 59.0 Å². The van der Waals surface area contributed by atoms with Crippen LogP contribution >= 0.6 is 15.9 Å². The van der Waals surface area contributed by atoms with Gasteiger partial charge >= 0.3 is 0 Å². The van der Waals surface area contributed by atoms with Gasteiger partial charge < -0.3 is 19.5 Å². The van der Waals surface area contributed by atoms with Crippen molar-refractivity contribution in [3.8, 4) is 17.2 Å². The van der Waals surface area contributed by atoms with Gasteiger partial charge in [0.25, 0.3) is 0 Å². The molecule has 0 bridgehead atoms. The predicted octanol–water partition coefficient (Wildman–Crippen LogP) is 4.54. The molecule has 0 aliphatic rings. The van der Waals surface area contributed by atoms with Gasteiger partial charge in [-0.2, -0.15) is 0 Å². The van der Waals surface area contributed by atoms with Gasteiger partial charge in [-0.05, 0) is 62.1 Å². The van der Waals surface area contributed by atoms with Crippen molar-refractivity contribution >= 4 is 22.3 Å². The lowest BCUT2D eigenvalue weighted by Crippen LogP contribution is -2.23. The van der Waals surface area contributed by atoms with Gasteiger partial charge in [0.2, 0.25) is 6.41 Å². The Balaban J connectivity index is 1.88. The van der Waals surface area contributed by atoms with E-state index in [9.17, 15) is 9.90 Å². The Kier molecular flexibility index (Phi) is 7.98. The molecule has 5 nitrogen and oxygen atoms in total. The van der Waals surface area contributed by atoms with Crippen LogP contribution in [0.3, 0.4) is 0 Å². The second-order valence-electron chi connectivity index (χ2n) is 6.61. The second-order valence-corrected chi connectivity index (χ2v) is 7.46. The highest BCUT2D eigenvalue weighted by molar-refractivity contribution is 9.10. The minimum atomic E-state index is 0.0604. The summed E-state index contributed by atoms with van der Waals surface area (Å²) in [6, 6.07) is 11.4. The van der Waals surface area contributed by atoms with E-state index in [0.717, 1.165) is 35.0 Å². The number of nitrogens with zero attached hydrogens (tertiary/aromatic N) is 1. The summed E-state index contributed by atoms with van der Waals surface area (Å²) in [4.78, 5) is 13.1. The predicted molar refractivity (Wildman–Crippen MR) is 109 cm³/mol. The van der Waals surface area contributed by atoms with Gasteiger partial charge in [-0.3, -0.25) is 4.79 Å². The zero-order chi connectivity index (χ0) is 19.8. The van der Waals surface area contributed by atoms with Gasteiger partial charge in [-0.15, -0.1) is 0 Å². The maximum atomic E-state index is 11.4. The Morgan fingerprint density at radius 1 is 1.22 bits per heavy atom. The molecule has 2 aromatic carbocycles. The SMILES string of the molecule is COc1cc(Br)c(CN(C=O)CCCc2ccc(OC(C)C)cc2)cc1O. The minimum absolute atomic E-state index is 0.0604. The number of aryl methyl sites for hydroxylation is 1. The Morgan fingerprint density at radius 2 is 1.93 bits per heavy atom. The smallest absolute Gasteiger partial charge is 0.210 e.